The number of hydrogen-bond acceptors (Lipinski definition) is 4. The average Bonchev–Trinajstić information content (AvgIpc) is 2.30. The van der Waals surface area contributed by atoms with Gasteiger partial charge in [-0.2, -0.15) is 0 Å². The topological polar surface area (TPSA) is 59.6 Å². The molecule has 5 heteroatoms. The van der Waals surface area contributed by atoms with Crippen LogP contribution in [0.25, 0.3) is 0 Å². The molecule has 2 heterocycles. The lowest BCUT2D eigenvalue weighted by Crippen LogP contribution is -2.47. The maximum atomic E-state index is 11.8. The van der Waals surface area contributed by atoms with Crippen LogP contribution in [-0.4, -0.2) is 37.7 Å². The second-order valence-corrected chi connectivity index (χ2v) is 4.25. The molecule has 0 aromatic carbocycles. The Morgan fingerprint density at radius 3 is 3.12 bits per heavy atom. The van der Waals surface area contributed by atoms with Gasteiger partial charge in [0.1, 0.15) is 19.5 Å². The minimum atomic E-state index is -0.168. The Labute approximate surface area is 95.2 Å². The van der Waals surface area contributed by atoms with Crippen LogP contribution in [0.4, 0.5) is 0 Å². The summed E-state index contributed by atoms with van der Waals surface area (Å²) in [6.45, 7) is 4.03. The Bertz CT molecular complexity index is 291. The first-order chi connectivity index (χ1) is 7.75. The van der Waals surface area contributed by atoms with E-state index in [4.69, 9.17) is 9.47 Å². The molecule has 0 aromatic rings. The molecule has 0 aliphatic carbocycles. The Hall–Kier alpha value is -1.23. The first-order valence-corrected chi connectivity index (χ1v) is 5.74. The molecule has 2 atom stereocenters. The highest BCUT2D eigenvalue weighted by atomic mass is 16.6. The fourth-order valence-electron chi connectivity index (χ4n) is 2.01. The summed E-state index contributed by atoms with van der Waals surface area (Å²) in [6, 6.07) is 0.687. The van der Waals surface area contributed by atoms with Crippen molar-refractivity contribution in [1.82, 2.24) is 10.6 Å². The van der Waals surface area contributed by atoms with Crippen molar-refractivity contribution in [1.29, 1.82) is 0 Å². The van der Waals surface area contributed by atoms with Crippen molar-refractivity contribution in [2.75, 3.05) is 19.8 Å². The van der Waals surface area contributed by atoms with Gasteiger partial charge in [0.05, 0.1) is 0 Å². The average molecular weight is 226 g/mol. The van der Waals surface area contributed by atoms with Crippen LogP contribution in [0, 0.1) is 0 Å². The summed E-state index contributed by atoms with van der Waals surface area (Å²) in [6.07, 6.45) is 3.31. The Kier molecular flexibility index (Phi) is 3.66. The van der Waals surface area contributed by atoms with Crippen LogP contribution < -0.4 is 10.6 Å². The third-order valence-electron chi connectivity index (χ3n) is 2.83. The van der Waals surface area contributed by atoms with E-state index in [1.165, 1.54) is 6.26 Å². The van der Waals surface area contributed by atoms with Gasteiger partial charge in [0.25, 0.3) is 5.91 Å². The van der Waals surface area contributed by atoms with Gasteiger partial charge in [0.15, 0.2) is 0 Å². The predicted octanol–water partition coefficient (Wildman–Crippen LogP) is 0.131. The SMILES string of the molecule is CC1CC(NC(=O)C2=COCCO2)CCN1. The number of nitrogens with one attached hydrogen (secondary N) is 2. The summed E-state index contributed by atoms with van der Waals surface area (Å²) in [5.41, 5.74) is 0. The van der Waals surface area contributed by atoms with E-state index in [1.54, 1.807) is 0 Å². The molecule has 2 aliphatic heterocycles. The molecule has 0 radical (unpaired) electrons. The molecule has 2 unspecified atom stereocenters. The largest absolute Gasteiger partial charge is 0.494 e. The van der Waals surface area contributed by atoms with Crippen molar-refractivity contribution < 1.29 is 14.3 Å². The minimum Gasteiger partial charge on any atom is -0.494 e. The van der Waals surface area contributed by atoms with Gasteiger partial charge in [-0.15, -0.1) is 0 Å². The number of rotatable bonds is 2. The number of amides is 1. The zero-order chi connectivity index (χ0) is 11.4. The van der Waals surface area contributed by atoms with Gasteiger partial charge in [-0.05, 0) is 26.3 Å². The van der Waals surface area contributed by atoms with Gasteiger partial charge < -0.3 is 20.1 Å². The van der Waals surface area contributed by atoms with E-state index in [1.807, 2.05) is 0 Å². The van der Waals surface area contributed by atoms with Crippen molar-refractivity contribution in [2.24, 2.45) is 0 Å². The second-order valence-electron chi connectivity index (χ2n) is 4.25. The van der Waals surface area contributed by atoms with E-state index < -0.39 is 0 Å². The van der Waals surface area contributed by atoms with Crippen LogP contribution in [0.5, 0.6) is 0 Å². The van der Waals surface area contributed by atoms with Crippen LogP contribution in [0.3, 0.4) is 0 Å². The molecule has 0 aromatic heterocycles. The predicted molar refractivity (Wildman–Crippen MR) is 58.6 cm³/mol. The maximum Gasteiger partial charge on any atom is 0.289 e. The molecule has 1 fully saturated rings. The fraction of sp³-hybridized carbons (Fsp3) is 0.727. The summed E-state index contributed by atoms with van der Waals surface area (Å²) in [7, 11) is 0. The second kappa shape index (κ2) is 5.21. The van der Waals surface area contributed by atoms with Crippen LogP contribution in [0.1, 0.15) is 19.8 Å². The summed E-state index contributed by atoms with van der Waals surface area (Å²) >= 11 is 0. The molecule has 0 bridgehead atoms. The highest BCUT2D eigenvalue weighted by Gasteiger charge is 2.23. The minimum absolute atomic E-state index is 0.168. The number of carbonyl (C=O) groups is 1. The smallest absolute Gasteiger partial charge is 0.289 e. The van der Waals surface area contributed by atoms with Crippen molar-refractivity contribution in [3.8, 4) is 0 Å². The molecule has 2 N–H and O–H groups in total. The summed E-state index contributed by atoms with van der Waals surface area (Å²) in [4.78, 5) is 11.8. The lowest BCUT2D eigenvalue weighted by molar-refractivity contribution is -0.123. The van der Waals surface area contributed by atoms with Crippen molar-refractivity contribution >= 4 is 5.91 Å². The Morgan fingerprint density at radius 2 is 2.44 bits per heavy atom. The highest BCUT2D eigenvalue weighted by Crippen LogP contribution is 2.10. The normalized spacial score (nSPS) is 29.7. The Balaban J connectivity index is 1.84. The lowest BCUT2D eigenvalue weighted by atomic mass is 10.0. The summed E-state index contributed by atoms with van der Waals surface area (Å²) in [5, 5.41) is 6.31. The van der Waals surface area contributed by atoms with Gasteiger partial charge in [-0.3, -0.25) is 4.79 Å². The van der Waals surface area contributed by atoms with E-state index in [9.17, 15) is 4.79 Å². The zero-order valence-corrected chi connectivity index (χ0v) is 9.49. The van der Waals surface area contributed by atoms with Crippen molar-refractivity contribution in [3.63, 3.8) is 0 Å². The van der Waals surface area contributed by atoms with Gasteiger partial charge in [0, 0.05) is 12.1 Å². The van der Waals surface area contributed by atoms with Crippen LogP contribution in [-0.2, 0) is 14.3 Å². The lowest BCUT2D eigenvalue weighted by Gasteiger charge is -2.29. The summed E-state index contributed by atoms with van der Waals surface area (Å²) < 4.78 is 10.3. The van der Waals surface area contributed by atoms with Crippen LogP contribution in [0.2, 0.25) is 0 Å². The molecule has 5 nitrogen and oxygen atoms in total. The fourth-order valence-corrected chi connectivity index (χ4v) is 2.01. The Morgan fingerprint density at radius 1 is 1.56 bits per heavy atom. The molecule has 16 heavy (non-hydrogen) atoms. The van der Waals surface area contributed by atoms with E-state index in [2.05, 4.69) is 17.6 Å². The quantitative estimate of drug-likeness (QED) is 0.702. The molecule has 2 rings (SSSR count). The van der Waals surface area contributed by atoms with E-state index >= 15 is 0 Å². The highest BCUT2D eigenvalue weighted by molar-refractivity contribution is 5.91. The van der Waals surface area contributed by atoms with Crippen molar-refractivity contribution in [2.45, 2.75) is 31.8 Å². The van der Waals surface area contributed by atoms with Gasteiger partial charge >= 0.3 is 0 Å². The molecule has 0 saturated carbocycles. The third-order valence-corrected chi connectivity index (χ3v) is 2.83. The van der Waals surface area contributed by atoms with E-state index in [0.717, 1.165) is 19.4 Å². The van der Waals surface area contributed by atoms with E-state index in [-0.39, 0.29) is 17.7 Å². The molecule has 1 amide bonds. The standard InChI is InChI=1S/C11H18N2O3/c1-8-6-9(2-3-12-8)13-11(14)10-7-15-4-5-16-10/h7-9,12H,2-6H2,1H3,(H,13,14). The van der Waals surface area contributed by atoms with Crippen LogP contribution >= 0.6 is 0 Å². The molecular weight excluding hydrogens is 208 g/mol. The van der Waals surface area contributed by atoms with Gasteiger partial charge in [-0.1, -0.05) is 0 Å². The molecule has 1 saturated heterocycles. The molecular formula is C11H18N2O3. The maximum absolute atomic E-state index is 11.8. The first kappa shape index (κ1) is 11.3. The molecule has 2 aliphatic rings. The summed E-state index contributed by atoms with van der Waals surface area (Å²) in [5.74, 6) is 0.122. The number of carbonyl (C=O) groups excluding carboxylic acids is 1. The van der Waals surface area contributed by atoms with E-state index in [0.29, 0.717) is 19.3 Å². The van der Waals surface area contributed by atoms with Crippen LogP contribution in [0.15, 0.2) is 12.0 Å². The van der Waals surface area contributed by atoms with Crippen molar-refractivity contribution in [3.05, 3.63) is 12.0 Å². The van der Waals surface area contributed by atoms with Gasteiger partial charge in [-0.25, -0.2) is 0 Å². The third kappa shape index (κ3) is 2.88. The molecule has 90 valence electrons. The first-order valence-electron chi connectivity index (χ1n) is 5.74. The number of ether oxygens (including phenoxy) is 2. The molecule has 0 spiro atoms. The monoisotopic (exact) mass is 226 g/mol. The number of piperidine rings is 1. The number of hydrogen-bond donors (Lipinski definition) is 2. The van der Waals surface area contributed by atoms with Gasteiger partial charge in [0.2, 0.25) is 5.76 Å². The zero-order valence-electron chi connectivity index (χ0n) is 9.49.